The Labute approximate surface area is 129 Å². The second kappa shape index (κ2) is 5.54. The van der Waals surface area contributed by atoms with Gasteiger partial charge >= 0.3 is 5.63 Å². The van der Waals surface area contributed by atoms with Crippen LogP contribution in [0.15, 0.2) is 57.7 Å². The van der Waals surface area contributed by atoms with Gasteiger partial charge in [0.15, 0.2) is 11.4 Å². The minimum atomic E-state index is -0.827. The first kappa shape index (κ1) is 14.2. The van der Waals surface area contributed by atoms with Gasteiger partial charge in [0.2, 0.25) is 0 Å². The molecule has 0 radical (unpaired) electrons. The van der Waals surface area contributed by atoms with E-state index in [-0.39, 0.29) is 22.6 Å². The Kier molecular flexibility index (Phi) is 3.56. The van der Waals surface area contributed by atoms with E-state index in [2.05, 4.69) is 5.32 Å². The molecule has 0 atom stereocenters. The number of carbonyl (C=O) groups is 1. The van der Waals surface area contributed by atoms with Gasteiger partial charge in [-0.25, -0.2) is 4.79 Å². The summed E-state index contributed by atoms with van der Waals surface area (Å²) in [5, 5.41) is 13.3. The highest BCUT2D eigenvalue weighted by Gasteiger charge is 2.17. The lowest BCUT2D eigenvalue weighted by molar-refractivity contribution is 0.102. The molecule has 0 bridgehead atoms. The zero-order valence-electron chi connectivity index (χ0n) is 11.2. The Hall–Kier alpha value is -2.79. The third kappa shape index (κ3) is 2.54. The largest absolute Gasteiger partial charge is 0.505 e. The van der Waals surface area contributed by atoms with E-state index in [4.69, 9.17) is 16.0 Å². The molecule has 1 aromatic heterocycles. The molecule has 1 amide bonds. The van der Waals surface area contributed by atoms with Gasteiger partial charge in [-0.05, 0) is 30.3 Å². The highest BCUT2D eigenvalue weighted by molar-refractivity contribution is 6.31. The van der Waals surface area contributed by atoms with Crippen molar-refractivity contribution in [1.29, 1.82) is 0 Å². The van der Waals surface area contributed by atoms with Crippen LogP contribution in [0.4, 0.5) is 5.69 Å². The molecule has 5 nitrogen and oxygen atoms in total. The highest BCUT2D eigenvalue weighted by atomic mass is 35.5. The number of hydrogen-bond donors (Lipinski definition) is 2. The molecule has 1 heterocycles. The summed E-state index contributed by atoms with van der Waals surface area (Å²) in [6.07, 6.45) is 0. The van der Waals surface area contributed by atoms with Crippen LogP contribution in [-0.2, 0) is 0 Å². The molecule has 0 aliphatic rings. The maximum Gasteiger partial charge on any atom is 0.364 e. The lowest BCUT2D eigenvalue weighted by atomic mass is 10.2. The summed E-state index contributed by atoms with van der Waals surface area (Å²) in [5.41, 5.74) is -0.625. The topological polar surface area (TPSA) is 79.5 Å². The minimum Gasteiger partial charge on any atom is -0.505 e. The molecule has 110 valence electrons. The van der Waals surface area contributed by atoms with E-state index in [1.54, 1.807) is 42.5 Å². The molecule has 6 heteroatoms. The molecule has 3 rings (SSSR count). The maximum absolute atomic E-state index is 12.1. The standard InChI is InChI=1S/C16H10ClNO4/c17-10-5-3-4-9(8-10)15(20)18-13-14(19)11-6-1-2-7-12(11)22-16(13)21/h1-8,19H,(H,18,20). The van der Waals surface area contributed by atoms with E-state index in [9.17, 15) is 14.7 Å². The van der Waals surface area contributed by atoms with Crippen molar-refractivity contribution < 1.29 is 14.3 Å². The summed E-state index contributed by atoms with van der Waals surface area (Å²) in [7, 11) is 0. The van der Waals surface area contributed by atoms with Gasteiger partial charge in [-0.3, -0.25) is 4.79 Å². The number of carbonyl (C=O) groups excluding carboxylic acids is 1. The van der Waals surface area contributed by atoms with Crippen molar-refractivity contribution in [3.63, 3.8) is 0 Å². The zero-order chi connectivity index (χ0) is 15.7. The van der Waals surface area contributed by atoms with Crippen molar-refractivity contribution in [3.8, 4) is 5.75 Å². The van der Waals surface area contributed by atoms with Gasteiger partial charge in [-0.2, -0.15) is 0 Å². The van der Waals surface area contributed by atoms with Crippen LogP contribution in [0.5, 0.6) is 5.75 Å². The third-order valence-electron chi connectivity index (χ3n) is 3.11. The van der Waals surface area contributed by atoms with Crippen molar-refractivity contribution >= 4 is 34.2 Å². The Balaban J connectivity index is 2.04. The number of anilines is 1. The minimum absolute atomic E-state index is 0.241. The molecular weight excluding hydrogens is 306 g/mol. The lowest BCUT2D eigenvalue weighted by Gasteiger charge is -2.08. The molecule has 0 saturated heterocycles. The number of hydrogen-bond acceptors (Lipinski definition) is 4. The van der Waals surface area contributed by atoms with Gasteiger partial charge in [0.05, 0.1) is 5.39 Å². The van der Waals surface area contributed by atoms with Crippen LogP contribution >= 0.6 is 11.6 Å². The molecule has 0 aliphatic heterocycles. The molecule has 0 fully saturated rings. The Bertz CT molecular complexity index is 933. The van der Waals surface area contributed by atoms with Gasteiger partial charge in [-0.15, -0.1) is 0 Å². The number of nitrogens with one attached hydrogen (secondary N) is 1. The summed E-state index contributed by atoms with van der Waals surface area (Å²) < 4.78 is 5.08. The molecule has 0 spiro atoms. The molecule has 0 saturated carbocycles. The van der Waals surface area contributed by atoms with Crippen LogP contribution in [0.1, 0.15) is 10.4 Å². The Morgan fingerprint density at radius 2 is 1.91 bits per heavy atom. The first-order valence-electron chi connectivity index (χ1n) is 6.38. The second-order valence-corrected chi connectivity index (χ2v) is 5.01. The summed E-state index contributed by atoms with van der Waals surface area (Å²) in [6.45, 7) is 0. The first-order chi connectivity index (χ1) is 10.6. The molecular formula is C16H10ClNO4. The fourth-order valence-electron chi connectivity index (χ4n) is 2.06. The SMILES string of the molecule is O=C(Nc1c(O)c2ccccc2oc1=O)c1cccc(Cl)c1. The highest BCUT2D eigenvalue weighted by Crippen LogP contribution is 2.29. The van der Waals surface area contributed by atoms with Crippen molar-refractivity contribution in [2.75, 3.05) is 5.32 Å². The number of aromatic hydroxyl groups is 1. The quantitative estimate of drug-likeness (QED) is 0.710. The molecule has 3 aromatic rings. The van der Waals surface area contributed by atoms with E-state index in [0.717, 1.165) is 0 Å². The number of amides is 1. The van der Waals surface area contributed by atoms with Crippen molar-refractivity contribution in [2.45, 2.75) is 0 Å². The van der Waals surface area contributed by atoms with Crippen LogP contribution in [-0.4, -0.2) is 11.0 Å². The monoisotopic (exact) mass is 315 g/mol. The second-order valence-electron chi connectivity index (χ2n) is 4.57. The van der Waals surface area contributed by atoms with E-state index >= 15 is 0 Å². The van der Waals surface area contributed by atoms with E-state index < -0.39 is 11.5 Å². The number of fused-ring (bicyclic) bond motifs is 1. The van der Waals surface area contributed by atoms with Gasteiger partial charge < -0.3 is 14.8 Å². The smallest absolute Gasteiger partial charge is 0.364 e. The van der Waals surface area contributed by atoms with Crippen LogP contribution in [0.2, 0.25) is 5.02 Å². The number of para-hydroxylation sites is 1. The third-order valence-corrected chi connectivity index (χ3v) is 3.35. The Morgan fingerprint density at radius 3 is 2.68 bits per heavy atom. The predicted molar refractivity (Wildman–Crippen MR) is 83.6 cm³/mol. The summed E-state index contributed by atoms with van der Waals surface area (Å²) in [6, 6.07) is 12.7. The van der Waals surface area contributed by atoms with Crippen molar-refractivity contribution in [1.82, 2.24) is 0 Å². The summed E-state index contributed by atoms with van der Waals surface area (Å²) >= 11 is 5.82. The fraction of sp³-hybridized carbons (Fsp3) is 0. The van der Waals surface area contributed by atoms with Crippen LogP contribution in [0.25, 0.3) is 11.0 Å². The predicted octanol–water partition coefficient (Wildman–Crippen LogP) is 3.40. The molecule has 2 aromatic carbocycles. The lowest BCUT2D eigenvalue weighted by Crippen LogP contribution is -2.18. The van der Waals surface area contributed by atoms with E-state index in [1.165, 1.54) is 6.07 Å². The normalized spacial score (nSPS) is 10.6. The zero-order valence-corrected chi connectivity index (χ0v) is 11.9. The summed E-state index contributed by atoms with van der Waals surface area (Å²) in [5.74, 6) is -0.900. The fourth-order valence-corrected chi connectivity index (χ4v) is 2.25. The van der Waals surface area contributed by atoms with Crippen LogP contribution < -0.4 is 10.9 Å². The van der Waals surface area contributed by atoms with Crippen LogP contribution in [0.3, 0.4) is 0 Å². The molecule has 0 aliphatic carbocycles. The average molecular weight is 316 g/mol. The van der Waals surface area contributed by atoms with Gasteiger partial charge in [0.1, 0.15) is 5.58 Å². The molecule has 2 N–H and O–H groups in total. The van der Waals surface area contributed by atoms with E-state index in [1.807, 2.05) is 0 Å². The first-order valence-corrected chi connectivity index (χ1v) is 6.76. The number of rotatable bonds is 2. The summed E-state index contributed by atoms with van der Waals surface area (Å²) in [4.78, 5) is 24.1. The number of halogens is 1. The van der Waals surface area contributed by atoms with Crippen molar-refractivity contribution in [3.05, 3.63) is 69.5 Å². The number of benzene rings is 2. The molecule has 0 unspecified atom stereocenters. The maximum atomic E-state index is 12.1. The Morgan fingerprint density at radius 1 is 1.14 bits per heavy atom. The van der Waals surface area contributed by atoms with Gasteiger partial charge in [-0.1, -0.05) is 29.8 Å². The average Bonchev–Trinajstić information content (AvgIpc) is 2.51. The molecule has 22 heavy (non-hydrogen) atoms. The van der Waals surface area contributed by atoms with E-state index in [0.29, 0.717) is 10.4 Å². The van der Waals surface area contributed by atoms with Crippen LogP contribution in [0, 0.1) is 0 Å². The van der Waals surface area contributed by atoms with Gasteiger partial charge in [0, 0.05) is 10.6 Å². The van der Waals surface area contributed by atoms with Gasteiger partial charge in [0.25, 0.3) is 5.91 Å². The van der Waals surface area contributed by atoms with Crippen molar-refractivity contribution in [2.24, 2.45) is 0 Å².